The predicted octanol–water partition coefficient (Wildman–Crippen LogP) is 4.64. The Morgan fingerprint density at radius 1 is 1.09 bits per heavy atom. The van der Waals surface area contributed by atoms with Crippen molar-refractivity contribution in [2.45, 2.75) is 46.0 Å². The van der Waals surface area contributed by atoms with Crippen LogP contribution in [0.1, 0.15) is 31.9 Å². The zero-order valence-corrected chi connectivity index (χ0v) is 18.8. The zero-order valence-electron chi connectivity index (χ0n) is 18.8. The normalized spacial score (nSPS) is 12.0. The zero-order chi connectivity index (χ0) is 23.1. The summed E-state index contributed by atoms with van der Waals surface area (Å²) in [5, 5.41) is 10.1. The van der Waals surface area contributed by atoms with E-state index < -0.39 is 12.1 Å². The van der Waals surface area contributed by atoms with E-state index in [0.29, 0.717) is 18.8 Å². The van der Waals surface area contributed by atoms with Gasteiger partial charge in [0.25, 0.3) is 0 Å². The number of pyridine rings is 1. The molecule has 2 aromatic carbocycles. The number of carboxylic acids is 1. The molecule has 170 valence electrons. The summed E-state index contributed by atoms with van der Waals surface area (Å²) in [6.45, 7) is 6.37. The molecule has 0 saturated heterocycles. The quantitative estimate of drug-likeness (QED) is 0.466. The van der Waals surface area contributed by atoms with Gasteiger partial charge in [0.2, 0.25) is 0 Å². The summed E-state index contributed by atoms with van der Waals surface area (Å²) in [6.07, 6.45) is 1.19. The number of benzene rings is 2. The molecule has 0 amide bonds. The van der Waals surface area contributed by atoms with Crippen molar-refractivity contribution in [2.24, 2.45) is 0 Å². The first-order chi connectivity index (χ1) is 15.4. The van der Waals surface area contributed by atoms with Crippen LogP contribution in [0.5, 0.6) is 17.2 Å². The van der Waals surface area contributed by atoms with E-state index in [-0.39, 0.29) is 12.7 Å². The Kier molecular flexibility index (Phi) is 7.89. The lowest BCUT2D eigenvalue weighted by molar-refractivity contribution is -0.149. The first-order valence-electron chi connectivity index (χ1n) is 10.6. The fourth-order valence-corrected chi connectivity index (χ4v) is 3.31. The van der Waals surface area contributed by atoms with E-state index in [0.717, 1.165) is 33.5 Å². The smallest absolute Gasteiger partial charge is 0.333 e. The molecule has 3 aromatic rings. The molecular weight excluding hydrogens is 410 g/mol. The molecule has 1 heterocycles. The van der Waals surface area contributed by atoms with Crippen molar-refractivity contribution in [1.29, 1.82) is 0 Å². The van der Waals surface area contributed by atoms with E-state index in [2.05, 4.69) is 4.98 Å². The SMILES string of the molecule is CCOC(Cc1ccc(OCc2cnc3cc(OC)ccc3c2OC(C)C)cc1)C(=O)O. The van der Waals surface area contributed by atoms with Gasteiger partial charge in [0.15, 0.2) is 6.10 Å². The monoisotopic (exact) mass is 439 g/mol. The Labute approximate surface area is 187 Å². The van der Waals surface area contributed by atoms with Gasteiger partial charge in [-0.25, -0.2) is 4.79 Å². The number of hydrogen-bond donors (Lipinski definition) is 1. The van der Waals surface area contributed by atoms with Gasteiger partial charge in [0, 0.05) is 30.7 Å². The van der Waals surface area contributed by atoms with E-state index in [1.165, 1.54) is 0 Å². The largest absolute Gasteiger partial charge is 0.497 e. The maximum absolute atomic E-state index is 11.3. The standard InChI is InChI=1S/C25H29NO6/c1-5-30-23(25(27)28)12-17-6-8-19(9-7-17)31-15-18-14-26-22-13-20(29-4)10-11-21(22)24(18)32-16(2)3/h6-11,13-14,16,23H,5,12,15H2,1-4H3,(H,27,28). The second-order valence-electron chi connectivity index (χ2n) is 7.58. The number of ether oxygens (including phenoxy) is 4. The highest BCUT2D eigenvalue weighted by Gasteiger charge is 2.18. The van der Waals surface area contributed by atoms with Crippen molar-refractivity contribution in [3.63, 3.8) is 0 Å². The number of hydrogen-bond acceptors (Lipinski definition) is 6. The van der Waals surface area contributed by atoms with Crippen molar-refractivity contribution in [2.75, 3.05) is 13.7 Å². The van der Waals surface area contributed by atoms with E-state index in [9.17, 15) is 9.90 Å². The first kappa shape index (κ1) is 23.3. The number of carboxylic acid groups (broad SMARTS) is 1. The van der Waals surface area contributed by atoms with E-state index in [1.54, 1.807) is 20.2 Å². The van der Waals surface area contributed by atoms with Crippen LogP contribution in [0.3, 0.4) is 0 Å². The Bertz CT molecular complexity index is 1050. The molecule has 0 aliphatic heterocycles. The highest BCUT2D eigenvalue weighted by Crippen LogP contribution is 2.32. The molecule has 1 unspecified atom stereocenters. The Balaban J connectivity index is 1.75. The molecule has 0 aliphatic rings. The number of aliphatic carboxylic acids is 1. The third-order valence-corrected chi connectivity index (χ3v) is 4.84. The Morgan fingerprint density at radius 3 is 2.44 bits per heavy atom. The van der Waals surface area contributed by atoms with Crippen molar-refractivity contribution < 1.29 is 28.8 Å². The second kappa shape index (κ2) is 10.8. The van der Waals surface area contributed by atoms with Gasteiger partial charge in [-0.1, -0.05) is 12.1 Å². The maximum Gasteiger partial charge on any atom is 0.333 e. The minimum atomic E-state index is -0.966. The molecule has 7 nitrogen and oxygen atoms in total. The molecule has 0 saturated carbocycles. The van der Waals surface area contributed by atoms with Gasteiger partial charge in [-0.3, -0.25) is 4.98 Å². The number of aromatic nitrogens is 1. The van der Waals surface area contributed by atoms with Crippen LogP contribution in [0.25, 0.3) is 10.9 Å². The fourth-order valence-electron chi connectivity index (χ4n) is 3.31. The van der Waals surface area contributed by atoms with Gasteiger partial charge in [-0.05, 0) is 50.6 Å². The van der Waals surface area contributed by atoms with E-state index >= 15 is 0 Å². The van der Waals surface area contributed by atoms with Crippen molar-refractivity contribution in [3.8, 4) is 17.2 Å². The van der Waals surface area contributed by atoms with Gasteiger partial charge in [0.1, 0.15) is 23.9 Å². The Morgan fingerprint density at radius 2 is 1.81 bits per heavy atom. The summed E-state index contributed by atoms with van der Waals surface area (Å²) in [6, 6.07) is 13.0. The summed E-state index contributed by atoms with van der Waals surface area (Å²) in [5.74, 6) is 1.18. The molecule has 0 spiro atoms. The number of methoxy groups -OCH3 is 1. The molecule has 1 atom stereocenters. The fraction of sp³-hybridized carbons (Fsp3) is 0.360. The number of rotatable bonds is 11. The molecule has 1 aromatic heterocycles. The molecule has 0 bridgehead atoms. The minimum Gasteiger partial charge on any atom is -0.497 e. The summed E-state index contributed by atoms with van der Waals surface area (Å²) < 4.78 is 22.6. The lowest BCUT2D eigenvalue weighted by atomic mass is 10.1. The molecule has 0 aliphatic carbocycles. The van der Waals surface area contributed by atoms with Gasteiger partial charge >= 0.3 is 5.97 Å². The van der Waals surface area contributed by atoms with Crippen molar-refractivity contribution in [1.82, 2.24) is 4.98 Å². The third kappa shape index (κ3) is 5.88. The molecule has 7 heteroatoms. The van der Waals surface area contributed by atoms with Gasteiger partial charge in [0.05, 0.1) is 24.3 Å². The van der Waals surface area contributed by atoms with Crippen LogP contribution >= 0.6 is 0 Å². The Hall–Kier alpha value is -3.32. The topological polar surface area (TPSA) is 87.1 Å². The van der Waals surface area contributed by atoms with E-state index in [4.69, 9.17) is 18.9 Å². The second-order valence-corrected chi connectivity index (χ2v) is 7.58. The van der Waals surface area contributed by atoms with Gasteiger partial charge in [-0.15, -0.1) is 0 Å². The van der Waals surface area contributed by atoms with Crippen LogP contribution < -0.4 is 14.2 Å². The first-order valence-corrected chi connectivity index (χ1v) is 10.6. The molecule has 0 radical (unpaired) electrons. The van der Waals surface area contributed by atoms with Gasteiger partial charge < -0.3 is 24.1 Å². The summed E-state index contributed by atoms with van der Waals surface area (Å²) in [7, 11) is 1.62. The summed E-state index contributed by atoms with van der Waals surface area (Å²) >= 11 is 0. The molecule has 32 heavy (non-hydrogen) atoms. The van der Waals surface area contributed by atoms with Crippen LogP contribution in [0.4, 0.5) is 0 Å². The molecule has 1 N–H and O–H groups in total. The van der Waals surface area contributed by atoms with Crippen LogP contribution in [0.15, 0.2) is 48.7 Å². The third-order valence-electron chi connectivity index (χ3n) is 4.84. The minimum absolute atomic E-state index is 0.00624. The maximum atomic E-state index is 11.3. The molecule has 0 fully saturated rings. The number of nitrogens with zero attached hydrogens (tertiary/aromatic N) is 1. The van der Waals surface area contributed by atoms with Crippen LogP contribution in [-0.4, -0.2) is 42.0 Å². The predicted molar refractivity (Wildman–Crippen MR) is 122 cm³/mol. The van der Waals surface area contributed by atoms with Crippen molar-refractivity contribution >= 4 is 16.9 Å². The lowest BCUT2D eigenvalue weighted by Crippen LogP contribution is -2.26. The van der Waals surface area contributed by atoms with Crippen LogP contribution in [0.2, 0.25) is 0 Å². The highest BCUT2D eigenvalue weighted by atomic mass is 16.5. The average Bonchev–Trinajstić information content (AvgIpc) is 2.78. The molecular formula is C25H29NO6. The lowest BCUT2D eigenvalue weighted by Gasteiger charge is -2.17. The number of carbonyl (C=O) groups is 1. The summed E-state index contributed by atoms with van der Waals surface area (Å²) in [5.41, 5.74) is 2.49. The molecule has 3 rings (SSSR count). The van der Waals surface area contributed by atoms with Crippen LogP contribution in [0, 0.1) is 0 Å². The van der Waals surface area contributed by atoms with Crippen LogP contribution in [-0.2, 0) is 22.6 Å². The van der Waals surface area contributed by atoms with Crippen molar-refractivity contribution in [3.05, 3.63) is 59.8 Å². The summed E-state index contributed by atoms with van der Waals surface area (Å²) in [4.78, 5) is 15.8. The van der Waals surface area contributed by atoms with E-state index in [1.807, 2.05) is 56.3 Å². The number of fused-ring (bicyclic) bond motifs is 1. The average molecular weight is 440 g/mol. The highest BCUT2D eigenvalue weighted by molar-refractivity contribution is 5.87. The van der Waals surface area contributed by atoms with Gasteiger partial charge in [-0.2, -0.15) is 0 Å².